The van der Waals surface area contributed by atoms with Crippen molar-refractivity contribution in [3.8, 4) is 5.75 Å². The highest BCUT2D eigenvalue weighted by atomic mass is 16.5. The topological polar surface area (TPSA) is 26.3 Å². The average molecular weight is 292 g/mol. The van der Waals surface area contributed by atoms with Gasteiger partial charge in [0, 0.05) is 12.0 Å². The second-order valence-electron chi connectivity index (χ2n) is 5.69. The van der Waals surface area contributed by atoms with Crippen LogP contribution >= 0.6 is 0 Å². The molecule has 2 nitrogen and oxygen atoms in total. The van der Waals surface area contributed by atoms with Crippen LogP contribution in [-0.4, -0.2) is 12.9 Å². The van der Waals surface area contributed by atoms with Crippen LogP contribution in [0.3, 0.4) is 0 Å². The molecule has 0 heterocycles. The van der Waals surface area contributed by atoms with E-state index in [2.05, 4.69) is 12.1 Å². The molecule has 0 aromatic heterocycles. The van der Waals surface area contributed by atoms with Gasteiger partial charge in [0.15, 0.2) is 5.78 Å². The molecule has 0 radical (unpaired) electrons. The maximum absolute atomic E-state index is 12.5. The van der Waals surface area contributed by atoms with E-state index in [1.807, 2.05) is 48.5 Å². The van der Waals surface area contributed by atoms with Crippen LogP contribution in [0.1, 0.15) is 36.3 Å². The standard InChI is InChI=1S/C20H20O2/c1-22-20-10-6-5-9-18(20)13-17-12-11-16(14-19(17)21)15-7-3-2-4-8-15/h2-10,13,16H,11-12,14H2,1H3. The highest BCUT2D eigenvalue weighted by Gasteiger charge is 2.24. The molecule has 2 heteroatoms. The van der Waals surface area contributed by atoms with E-state index in [0.29, 0.717) is 12.3 Å². The van der Waals surface area contributed by atoms with Crippen LogP contribution < -0.4 is 4.74 Å². The first-order valence-electron chi connectivity index (χ1n) is 7.69. The predicted octanol–water partition coefficient (Wildman–Crippen LogP) is 4.62. The normalized spacial score (nSPS) is 20.1. The molecule has 2 aromatic rings. The number of benzene rings is 2. The van der Waals surface area contributed by atoms with Crippen LogP contribution in [0.2, 0.25) is 0 Å². The number of allylic oxidation sites excluding steroid dienone is 1. The van der Waals surface area contributed by atoms with Crippen molar-refractivity contribution < 1.29 is 9.53 Å². The Bertz CT molecular complexity index is 686. The summed E-state index contributed by atoms with van der Waals surface area (Å²) in [5, 5.41) is 0. The van der Waals surface area contributed by atoms with Crippen molar-refractivity contribution in [2.45, 2.75) is 25.2 Å². The Hall–Kier alpha value is -2.35. The van der Waals surface area contributed by atoms with Gasteiger partial charge in [0.05, 0.1) is 7.11 Å². The Morgan fingerprint density at radius 2 is 1.77 bits per heavy atom. The molecular weight excluding hydrogens is 272 g/mol. The zero-order chi connectivity index (χ0) is 15.4. The largest absolute Gasteiger partial charge is 0.496 e. The fraction of sp³-hybridized carbons (Fsp3) is 0.250. The fourth-order valence-corrected chi connectivity index (χ4v) is 3.06. The van der Waals surface area contributed by atoms with Gasteiger partial charge in [-0.25, -0.2) is 0 Å². The summed E-state index contributed by atoms with van der Waals surface area (Å²) in [6.45, 7) is 0. The molecule has 1 fully saturated rings. The van der Waals surface area contributed by atoms with E-state index in [0.717, 1.165) is 29.7 Å². The Balaban J connectivity index is 1.78. The summed E-state index contributed by atoms with van der Waals surface area (Å²) in [6, 6.07) is 18.2. The number of hydrogen-bond donors (Lipinski definition) is 0. The minimum Gasteiger partial charge on any atom is -0.496 e. The minimum absolute atomic E-state index is 0.256. The number of hydrogen-bond acceptors (Lipinski definition) is 2. The lowest BCUT2D eigenvalue weighted by Crippen LogP contribution is -2.16. The Morgan fingerprint density at radius 1 is 1.05 bits per heavy atom. The van der Waals surface area contributed by atoms with Crippen molar-refractivity contribution in [3.63, 3.8) is 0 Å². The van der Waals surface area contributed by atoms with E-state index in [9.17, 15) is 4.79 Å². The van der Waals surface area contributed by atoms with Crippen molar-refractivity contribution in [2.24, 2.45) is 0 Å². The molecule has 112 valence electrons. The number of Topliss-reactive ketones (excluding diaryl/α,β-unsaturated/α-hetero) is 1. The van der Waals surface area contributed by atoms with Crippen LogP contribution in [0.5, 0.6) is 5.75 Å². The second kappa shape index (κ2) is 6.61. The zero-order valence-electron chi connectivity index (χ0n) is 12.8. The van der Waals surface area contributed by atoms with Crippen LogP contribution in [0, 0.1) is 0 Å². The maximum Gasteiger partial charge on any atom is 0.159 e. The van der Waals surface area contributed by atoms with Crippen molar-refractivity contribution in [3.05, 3.63) is 71.3 Å². The first-order chi connectivity index (χ1) is 10.8. The summed E-state index contributed by atoms with van der Waals surface area (Å²) in [7, 11) is 1.66. The molecule has 0 aliphatic heterocycles. The van der Waals surface area contributed by atoms with Crippen LogP contribution in [0.4, 0.5) is 0 Å². The number of carbonyl (C=O) groups excluding carboxylic acids is 1. The van der Waals surface area contributed by atoms with Crippen LogP contribution in [-0.2, 0) is 4.79 Å². The summed E-state index contributed by atoms with van der Waals surface area (Å²) in [6.07, 6.45) is 4.44. The smallest absolute Gasteiger partial charge is 0.159 e. The summed E-state index contributed by atoms with van der Waals surface area (Å²) in [5.74, 6) is 1.42. The summed E-state index contributed by atoms with van der Waals surface area (Å²) in [5.41, 5.74) is 3.16. The average Bonchev–Trinajstić information content (AvgIpc) is 2.58. The van der Waals surface area contributed by atoms with Crippen LogP contribution in [0.15, 0.2) is 60.2 Å². The van der Waals surface area contributed by atoms with Gasteiger partial charge in [-0.05, 0) is 42.0 Å². The molecule has 0 bridgehead atoms. The van der Waals surface area contributed by atoms with Crippen molar-refractivity contribution in [1.29, 1.82) is 0 Å². The predicted molar refractivity (Wildman–Crippen MR) is 89.0 cm³/mol. The molecule has 0 amide bonds. The van der Waals surface area contributed by atoms with Gasteiger partial charge in [-0.2, -0.15) is 0 Å². The number of carbonyl (C=O) groups is 1. The quantitative estimate of drug-likeness (QED) is 0.772. The Kier molecular flexibility index (Phi) is 4.38. The number of methoxy groups -OCH3 is 1. The van der Waals surface area contributed by atoms with Gasteiger partial charge in [0.1, 0.15) is 5.75 Å². The molecular formula is C20H20O2. The van der Waals surface area contributed by atoms with Gasteiger partial charge in [-0.1, -0.05) is 48.5 Å². The van der Waals surface area contributed by atoms with Crippen molar-refractivity contribution in [2.75, 3.05) is 7.11 Å². The second-order valence-corrected chi connectivity index (χ2v) is 5.69. The third-order valence-electron chi connectivity index (χ3n) is 4.29. The maximum atomic E-state index is 12.5. The molecule has 3 rings (SSSR count). The summed E-state index contributed by atoms with van der Waals surface area (Å²) < 4.78 is 5.36. The van der Waals surface area contributed by atoms with E-state index in [1.165, 1.54) is 5.56 Å². The zero-order valence-corrected chi connectivity index (χ0v) is 12.8. The highest BCUT2D eigenvalue weighted by Crippen LogP contribution is 2.34. The lowest BCUT2D eigenvalue weighted by molar-refractivity contribution is -0.116. The molecule has 0 saturated heterocycles. The van der Waals surface area contributed by atoms with Gasteiger partial charge in [0.25, 0.3) is 0 Å². The van der Waals surface area contributed by atoms with Gasteiger partial charge in [0.2, 0.25) is 0 Å². The molecule has 1 atom stereocenters. The molecule has 1 unspecified atom stereocenters. The molecule has 0 spiro atoms. The molecule has 0 N–H and O–H groups in total. The number of ketones is 1. The van der Waals surface area contributed by atoms with Gasteiger partial charge >= 0.3 is 0 Å². The Morgan fingerprint density at radius 3 is 2.50 bits per heavy atom. The Labute approximate surface area is 131 Å². The summed E-state index contributed by atoms with van der Waals surface area (Å²) in [4.78, 5) is 12.5. The molecule has 2 aromatic carbocycles. The lowest BCUT2D eigenvalue weighted by atomic mass is 9.80. The van der Waals surface area contributed by atoms with Crippen LogP contribution in [0.25, 0.3) is 6.08 Å². The van der Waals surface area contributed by atoms with Gasteiger partial charge in [-0.3, -0.25) is 4.79 Å². The summed E-state index contributed by atoms with van der Waals surface area (Å²) >= 11 is 0. The van der Waals surface area contributed by atoms with Crippen molar-refractivity contribution in [1.82, 2.24) is 0 Å². The monoisotopic (exact) mass is 292 g/mol. The van der Waals surface area contributed by atoms with E-state index in [4.69, 9.17) is 4.74 Å². The van der Waals surface area contributed by atoms with Gasteiger partial charge in [-0.15, -0.1) is 0 Å². The van der Waals surface area contributed by atoms with E-state index in [-0.39, 0.29) is 5.78 Å². The number of para-hydroxylation sites is 1. The molecule has 22 heavy (non-hydrogen) atoms. The van der Waals surface area contributed by atoms with E-state index >= 15 is 0 Å². The number of rotatable bonds is 3. The first kappa shape index (κ1) is 14.6. The number of ether oxygens (including phenoxy) is 1. The van der Waals surface area contributed by atoms with E-state index in [1.54, 1.807) is 7.11 Å². The minimum atomic E-state index is 0.256. The molecule has 1 aliphatic rings. The van der Waals surface area contributed by atoms with Gasteiger partial charge < -0.3 is 4.74 Å². The van der Waals surface area contributed by atoms with E-state index < -0.39 is 0 Å². The third-order valence-corrected chi connectivity index (χ3v) is 4.29. The fourth-order valence-electron chi connectivity index (χ4n) is 3.06. The molecule has 1 saturated carbocycles. The first-order valence-corrected chi connectivity index (χ1v) is 7.69. The third kappa shape index (κ3) is 3.11. The molecule has 1 aliphatic carbocycles. The SMILES string of the molecule is COc1ccccc1C=C1CCC(c2ccccc2)CC1=O. The lowest BCUT2D eigenvalue weighted by Gasteiger charge is -2.23. The van der Waals surface area contributed by atoms with Crippen molar-refractivity contribution >= 4 is 11.9 Å². The highest BCUT2D eigenvalue weighted by molar-refractivity contribution is 6.01.